The number of hydrogen-bond acceptors (Lipinski definition) is 1. The summed E-state index contributed by atoms with van der Waals surface area (Å²) in [4.78, 5) is 0. The van der Waals surface area contributed by atoms with E-state index in [1.807, 2.05) is 6.92 Å². The van der Waals surface area contributed by atoms with Crippen LogP contribution in [0.4, 0.5) is 0 Å². The van der Waals surface area contributed by atoms with E-state index in [1.54, 1.807) is 0 Å². The van der Waals surface area contributed by atoms with Crippen LogP contribution in [0.2, 0.25) is 0 Å². The molecule has 0 N–H and O–H groups in total. The van der Waals surface area contributed by atoms with Gasteiger partial charge in [0.15, 0.2) is 0 Å². The second kappa shape index (κ2) is 29.1. The van der Waals surface area contributed by atoms with E-state index < -0.39 is 0 Å². The fourth-order valence-corrected chi connectivity index (χ4v) is 0. The zero-order chi connectivity index (χ0) is 3.41. The molecule has 0 saturated carbocycles. The van der Waals surface area contributed by atoms with E-state index in [4.69, 9.17) is 0 Å². The first-order chi connectivity index (χ1) is 1.91. The summed E-state index contributed by atoms with van der Waals surface area (Å²) in [6, 6.07) is 0. The van der Waals surface area contributed by atoms with Crippen molar-refractivity contribution in [1.29, 1.82) is 0 Å². The Balaban J connectivity index is -0.0000000150. The van der Waals surface area contributed by atoms with Crippen LogP contribution < -0.4 is 0 Å². The van der Waals surface area contributed by atoms with E-state index >= 15 is 0 Å². The second-order valence-electron chi connectivity index (χ2n) is 0.577. The van der Waals surface area contributed by atoms with Gasteiger partial charge in [-0.3, -0.25) is 0 Å². The van der Waals surface area contributed by atoms with Gasteiger partial charge in [0, 0.05) is 6.61 Å². The predicted octanol–water partition coefficient (Wildman–Crippen LogP) is -0.937. The van der Waals surface area contributed by atoms with Crippen molar-refractivity contribution in [3.8, 4) is 0 Å². The van der Waals surface area contributed by atoms with Crippen molar-refractivity contribution < 1.29 is 37.1 Å². The average Bonchev–Trinajstić information content (AvgIpc) is 1.37. The Morgan fingerprint density at radius 3 is 1.57 bits per heavy atom. The van der Waals surface area contributed by atoms with Crippen molar-refractivity contribution in [3.05, 3.63) is 0 Å². The van der Waals surface area contributed by atoms with E-state index in [1.165, 1.54) is 0 Å². The van der Waals surface area contributed by atoms with Crippen LogP contribution in [0.25, 0.3) is 0 Å². The molecule has 7 heavy (non-hydrogen) atoms. The van der Waals surface area contributed by atoms with Crippen LogP contribution >= 0.6 is 0 Å². The fraction of sp³-hybridized carbons (Fsp3) is 1.00. The molecule has 0 saturated heterocycles. The van der Waals surface area contributed by atoms with Crippen LogP contribution in [0.3, 0.4) is 0 Å². The minimum absolute atomic E-state index is 0. The molecule has 0 aliphatic rings. The van der Waals surface area contributed by atoms with Gasteiger partial charge >= 0.3 is 21.7 Å². The zero-order valence-corrected chi connectivity index (χ0v) is 7.99. The van der Waals surface area contributed by atoms with E-state index in [-0.39, 0.29) is 32.7 Å². The largest absolute Gasteiger partial charge is 4.00 e. The molecule has 3 nitrogen and oxygen atoms in total. The summed E-state index contributed by atoms with van der Waals surface area (Å²) in [7, 11) is 0.890. The number of rotatable bonds is 1. The van der Waals surface area contributed by atoms with Crippen LogP contribution in [-0.4, -0.2) is 17.1 Å². The zero-order valence-electron chi connectivity index (χ0n) is 4.43. The summed E-state index contributed by atoms with van der Waals surface area (Å²) in [5.41, 5.74) is 0. The van der Waals surface area contributed by atoms with Crippen molar-refractivity contribution in [2.24, 2.45) is 0 Å². The van der Waals surface area contributed by atoms with Crippen LogP contribution in [0.5, 0.6) is 0 Å². The Bertz CT molecular complexity index is 14.9. The molecule has 0 aromatic heterocycles. The smallest absolute Gasteiger partial charge is 2.00 e. The molecule has 42 valence electrons. The third-order valence-electron chi connectivity index (χ3n) is 0.289. The molecule has 5 heteroatoms. The van der Waals surface area contributed by atoms with Gasteiger partial charge in [0.1, 0.15) is 10.5 Å². The topological polar surface area (TPSA) is 66.2 Å². The normalized spacial score (nSPS) is 4.71. The number of hydrogen-bond donors (Lipinski definition) is 0. The minimum Gasteiger partial charge on any atom is -2.00 e. The maximum atomic E-state index is 4.68. The summed E-state index contributed by atoms with van der Waals surface area (Å²) in [6.07, 6.45) is 0. The molecule has 0 heterocycles. The maximum Gasteiger partial charge on any atom is 4.00 e. The molecule has 0 amide bonds. The van der Waals surface area contributed by atoms with Crippen molar-refractivity contribution >= 4 is 10.5 Å². The Labute approximate surface area is 61.5 Å². The predicted molar refractivity (Wildman–Crippen MR) is 22.9 cm³/mol. The molecule has 0 fully saturated rings. The van der Waals surface area contributed by atoms with Crippen molar-refractivity contribution in [2.75, 3.05) is 6.61 Å². The molecular weight excluding hydrogens is 148 g/mol. The third-order valence-corrected chi connectivity index (χ3v) is 0.866. The van der Waals surface area contributed by atoms with Gasteiger partial charge in [-0.1, -0.05) is 0 Å². The first-order valence-electron chi connectivity index (χ1n) is 1.40. The molecule has 0 atom stereocenters. The molecule has 0 aliphatic heterocycles. The summed E-state index contributed by atoms with van der Waals surface area (Å²) in [5.74, 6) is 0. The molecule has 0 unspecified atom stereocenters. The standard InChI is InChI=1S/C2H8OSi.2O.Ti/c1-2-3-4;;;/h2H2,1,4H3;;;/q;2*-2;+4. The van der Waals surface area contributed by atoms with E-state index in [0.717, 1.165) is 17.1 Å². The van der Waals surface area contributed by atoms with Crippen molar-refractivity contribution in [3.63, 3.8) is 0 Å². The fourth-order valence-electron chi connectivity index (χ4n) is 0. The van der Waals surface area contributed by atoms with Gasteiger partial charge in [-0.15, -0.1) is 0 Å². The summed E-state index contributed by atoms with van der Waals surface area (Å²) in [6.45, 7) is 2.87. The summed E-state index contributed by atoms with van der Waals surface area (Å²) in [5, 5.41) is 0. The Morgan fingerprint density at radius 1 is 1.43 bits per heavy atom. The maximum absolute atomic E-state index is 4.68. The summed E-state index contributed by atoms with van der Waals surface area (Å²) < 4.78 is 4.68. The minimum atomic E-state index is 0. The van der Waals surface area contributed by atoms with Gasteiger partial charge in [-0.05, 0) is 6.92 Å². The summed E-state index contributed by atoms with van der Waals surface area (Å²) >= 11 is 0. The Kier molecular flexibility index (Phi) is 104. The van der Waals surface area contributed by atoms with Gasteiger partial charge in [0.2, 0.25) is 0 Å². The molecule has 0 aromatic carbocycles. The molecule has 0 bridgehead atoms. The van der Waals surface area contributed by atoms with Crippen LogP contribution in [0.1, 0.15) is 6.92 Å². The van der Waals surface area contributed by atoms with Gasteiger partial charge in [-0.25, -0.2) is 0 Å². The van der Waals surface area contributed by atoms with Crippen LogP contribution in [-0.2, 0) is 37.1 Å². The first kappa shape index (κ1) is 24.9. The molecule has 0 rings (SSSR count). The molecule has 0 spiro atoms. The molecule has 0 aromatic rings. The molecular formula is C2H8O3SiTi. The average molecular weight is 156 g/mol. The van der Waals surface area contributed by atoms with E-state index in [2.05, 4.69) is 4.43 Å². The SMILES string of the molecule is CCO[SiH3].[O-2].[O-2].[Ti+4]. The van der Waals surface area contributed by atoms with Gasteiger partial charge in [-0.2, -0.15) is 0 Å². The first-order valence-corrected chi connectivity index (χ1v) is 2.22. The third kappa shape index (κ3) is 48.1. The van der Waals surface area contributed by atoms with Gasteiger partial charge < -0.3 is 15.4 Å². The molecule has 0 radical (unpaired) electrons. The monoisotopic (exact) mass is 156 g/mol. The second-order valence-corrected chi connectivity index (χ2v) is 1.15. The van der Waals surface area contributed by atoms with E-state index in [0.29, 0.717) is 0 Å². The Hall–Kier alpha value is 0.811. The van der Waals surface area contributed by atoms with Crippen LogP contribution in [0.15, 0.2) is 0 Å². The molecule has 0 aliphatic carbocycles. The van der Waals surface area contributed by atoms with Crippen molar-refractivity contribution in [1.82, 2.24) is 0 Å². The van der Waals surface area contributed by atoms with Gasteiger partial charge in [0.05, 0.1) is 0 Å². The van der Waals surface area contributed by atoms with Crippen molar-refractivity contribution in [2.45, 2.75) is 6.92 Å². The quantitative estimate of drug-likeness (QED) is 0.452. The van der Waals surface area contributed by atoms with Gasteiger partial charge in [0.25, 0.3) is 0 Å². The van der Waals surface area contributed by atoms with Crippen LogP contribution in [0, 0.1) is 0 Å². The van der Waals surface area contributed by atoms with E-state index in [9.17, 15) is 0 Å². The Morgan fingerprint density at radius 2 is 1.57 bits per heavy atom.